The van der Waals surface area contributed by atoms with E-state index >= 15 is 0 Å². The average Bonchev–Trinajstić information content (AvgIpc) is 2.00. The Morgan fingerprint density at radius 2 is 2.14 bits per heavy atom. The molecule has 0 unspecified atom stereocenters. The summed E-state index contributed by atoms with van der Waals surface area (Å²) < 4.78 is 13.3. The molecule has 0 bridgehead atoms. The van der Waals surface area contributed by atoms with Gasteiger partial charge in [-0.25, -0.2) is 4.39 Å². The van der Waals surface area contributed by atoms with Gasteiger partial charge >= 0.3 is 5.97 Å². The van der Waals surface area contributed by atoms with E-state index in [4.69, 9.17) is 5.11 Å². The quantitative estimate of drug-likeness (QED) is 0.877. The number of aliphatic hydroxyl groups excluding tert-OH is 1. The third-order valence-electron chi connectivity index (χ3n) is 1.64. The second kappa shape index (κ2) is 4.52. The van der Waals surface area contributed by atoms with Crippen molar-refractivity contribution in [2.24, 2.45) is 0 Å². The Morgan fingerprint density at radius 3 is 2.64 bits per heavy atom. The van der Waals surface area contributed by atoms with Gasteiger partial charge in [0.05, 0.1) is 12.5 Å². The number of carbonyl (C=O) groups is 1. The van der Waals surface area contributed by atoms with Crippen LogP contribution in [0.1, 0.15) is 18.1 Å². The van der Waals surface area contributed by atoms with Crippen molar-refractivity contribution in [3.05, 3.63) is 34.1 Å². The zero-order valence-corrected chi connectivity index (χ0v) is 8.66. The third kappa shape index (κ3) is 3.08. The predicted octanol–water partition coefficient (Wildman–Crippen LogP) is 2.10. The van der Waals surface area contributed by atoms with E-state index in [-0.39, 0.29) is 5.56 Å². The molecule has 0 aromatic heterocycles. The molecule has 3 nitrogen and oxygen atoms in total. The Morgan fingerprint density at radius 1 is 1.50 bits per heavy atom. The minimum absolute atomic E-state index is 0.249. The van der Waals surface area contributed by atoms with Gasteiger partial charge in [0.1, 0.15) is 5.82 Å². The highest BCUT2D eigenvalue weighted by atomic mass is 79.9. The highest BCUT2D eigenvalue weighted by Crippen LogP contribution is 2.22. The van der Waals surface area contributed by atoms with Crippen LogP contribution in [-0.4, -0.2) is 16.2 Å². The van der Waals surface area contributed by atoms with Crippen LogP contribution < -0.4 is 0 Å². The van der Waals surface area contributed by atoms with Crippen LogP contribution >= 0.6 is 15.9 Å². The maximum absolute atomic E-state index is 12.8. The number of hydrogen-bond acceptors (Lipinski definition) is 2. The van der Waals surface area contributed by atoms with Crippen LogP contribution in [0.3, 0.4) is 0 Å². The van der Waals surface area contributed by atoms with Crippen LogP contribution in [0.25, 0.3) is 0 Å². The third-order valence-corrected chi connectivity index (χ3v) is 2.10. The van der Waals surface area contributed by atoms with Gasteiger partial charge in [0.25, 0.3) is 0 Å². The molecule has 0 spiro atoms. The van der Waals surface area contributed by atoms with E-state index in [0.717, 1.165) is 6.07 Å². The SMILES string of the molecule is O=C(O)C[C@H](O)c1cc(F)cc(Br)c1. The zero-order chi connectivity index (χ0) is 10.7. The van der Waals surface area contributed by atoms with Crippen molar-refractivity contribution in [3.8, 4) is 0 Å². The van der Waals surface area contributed by atoms with E-state index in [1.54, 1.807) is 0 Å². The Balaban J connectivity index is 2.89. The molecule has 0 radical (unpaired) electrons. The lowest BCUT2D eigenvalue weighted by molar-refractivity contribution is -0.139. The fraction of sp³-hybridized carbons (Fsp3) is 0.222. The molecular weight excluding hydrogens is 255 g/mol. The van der Waals surface area contributed by atoms with Crippen molar-refractivity contribution in [1.29, 1.82) is 0 Å². The monoisotopic (exact) mass is 262 g/mol. The largest absolute Gasteiger partial charge is 0.481 e. The second-order valence-corrected chi connectivity index (χ2v) is 3.73. The fourth-order valence-electron chi connectivity index (χ4n) is 1.05. The van der Waals surface area contributed by atoms with Crippen LogP contribution in [0.4, 0.5) is 4.39 Å². The Bertz CT molecular complexity index is 334. The first kappa shape index (κ1) is 11.1. The van der Waals surface area contributed by atoms with Gasteiger partial charge in [-0.1, -0.05) is 15.9 Å². The predicted molar refractivity (Wildman–Crippen MR) is 51.3 cm³/mol. The minimum Gasteiger partial charge on any atom is -0.481 e. The molecule has 0 amide bonds. The van der Waals surface area contributed by atoms with Crippen LogP contribution in [0.2, 0.25) is 0 Å². The minimum atomic E-state index is -1.18. The molecule has 1 aromatic carbocycles. The van der Waals surface area contributed by atoms with Crippen LogP contribution in [0.5, 0.6) is 0 Å². The number of aliphatic carboxylic acids is 1. The fourth-order valence-corrected chi connectivity index (χ4v) is 1.53. The molecule has 1 rings (SSSR count). The smallest absolute Gasteiger partial charge is 0.306 e. The molecule has 0 saturated heterocycles. The van der Waals surface area contributed by atoms with E-state index < -0.39 is 24.3 Å². The van der Waals surface area contributed by atoms with Gasteiger partial charge < -0.3 is 10.2 Å². The van der Waals surface area contributed by atoms with E-state index in [2.05, 4.69) is 15.9 Å². The molecule has 76 valence electrons. The average molecular weight is 263 g/mol. The van der Waals surface area contributed by atoms with Crippen LogP contribution in [0.15, 0.2) is 22.7 Å². The van der Waals surface area contributed by atoms with Gasteiger partial charge in [0.2, 0.25) is 0 Å². The van der Waals surface area contributed by atoms with E-state index in [9.17, 15) is 14.3 Å². The number of carboxylic acids is 1. The summed E-state index contributed by atoms with van der Waals surface area (Å²) in [4.78, 5) is 10.3. The lowest BCUT2D eigenvalue weighted by Crippen LogP contribution is -2.05. The summed E-state index contributed by atoms with van der Waals surface area (Å²) in [7, 11) is 0. The van der Waals surface area contributed by atoms with Crippen LogP contribution in [-0.2, 0) is 4.79 Å². The summed E-state index contributed by atoms with van der Waals surface area (Å²) in [5, 5.41) is 17.8. The van der Waals surface area contributed by atoms with Crippen molar-refractivity contribution in [3.63, 3.8) is 0 Å². The van der Waals surface area contributed by atoms with Gasteiger partial charge in [-0.05, 0) is 23.8 Å². The van der Waals surface area contributed by atoms with Crippen LogP contribution in [0, 0.1) is 5.82 Å². The Hall–Kier alpha value is -0.940. The standard InChI is InChI=1S/C9H8BrFO3/c10-6-1-5(2-7(11)3-6)8(12)4-9(13)14/h1-3,8,12H,4H2,(H,13,14)/t8-/m0/s1. The molecular formula is C9H8BrFO3. The van der Waals surface area contributed by atoms with Gasteiger partial charge in [0.15, 0.2) is 0 Å². The first-order valence-corrected chi connectivity index (χ1v) is 4.64. The number of halogens is 2. The lowest BCUT2D eigenvalue weighted by atomic mass is 10.1. The summed E-state index contributed by atoms with van der Waals surface area (Å²) in [5.41, 5.74) is 0.249. The Labute approximate surface area is 88.3 Å². The number of carboxylic acid groups (broad SMARTS) is 1. The van der Waals surface area contributed by atoms with Crippen molar-refractivity contribution >= 4 is 21.9 Å². The van der Waals surface area contributed by atoms with Crippen molar-refractivity contribution in [1.82, 2.24) is 0 Å². The first-order valence-electron chi connectivity index (χ1n) is 3.85. The maximum Gasteiger partial charge on any atom is 0.306 e. The summed E-state index contributed by atoms with van der Waals surface area (Å²) in [5.74, 6) is -1.64. The molecule has 0 heterocycles. The van der Waals surface area contributed by atoms with Gasteiger partial charge in [-0.15, -0.1) is 0 Å². The zero-order valence-electron chi connectivity index (χ0n) is 7.08. The van der Waals surface area contributed by atoms with Gasteiger partial charge in [0, 0.05) is 4.47 Å². The highest BCUT2D eigenvalue weighted by molar-refractivity contribution is 9.10. The number of hydrogen-bond donors (Lipinski definition) is 2. The molecule has 5 heteroatoms. The maximum atomic E-state index is 12.8. The molecule has 1 aromatic rings. The normalized spacial score (nSPS) is 12.5. The summed E-state index contributed by atoms with van der Waals surface area (Å²) in [6.45, 7) is 0. The Kier molecular flexibility index (Phi) is 3.60. The van der Waals surface area contributed by atoms with Crippen molar-refractivity contribution in [2.45, 2.75) is 12.5 Å². The second-order valence-electron chi connectivity index (χ2n) is 2.82. The molecule has 0 fully saturated rings. The summed E-state index contributed by atoms with van der Waals surface area (Å²) in [6, 6.07) is 3.83. The van der Waals surface area contributed by atoms with Crippen molar-refractivity contribution in [2.75, 3.05) is 0 Å². The molecule has 2 N–H and O–H groups in total. The van der Waals surface area contributed by atoms with Crippen molar-refractivity contribution < 1.29 is 19.4 Å². The van der Waals surface area contributed by atoms with E-state index in [1.807, 2.05) is 0 Å². The number of rotatable bonds is 3. The highest BCUT2D eigenvalue weighted by Gasteiger charge is 2.13. The molecule has 0 aliphatic carbocycles. The number of aliphatic hydroxyl groups is 1. The summed E-state index contributed by atoms with van der Waals surface area (Å²) in [6.07, 6.45) is -1.62. The van der Waals surface area contributed by atoms with E-state index in [0.29, 0.717) is 4.47 Å². The topological polar surface area (TPSA) is 57.5 Å². The van der Waals surface area contributed by atoms with E-state index in [1.165, 1.54) is 12.1 Å². The van der Waals surface area contributed by atoms with Gasteiger partial charge in [-0.2, -0.15) is 0 Å². The molecule has 14 heavy (non-hydrogen) atoms. The molecule has 1 atom stereocenters. The molecule has 0 saturated carbocycles. The number of benzene rings is 1. The lowest BCUT2D eigenvalue weighted by Gasteiger charge is -2.08. The first-order chi connectivity index (χ1) is 6.49. The summed E-state index contributed by atoms with van der Waals surface area (Å²) >= 11 is 3.05. The molecule has 0 aliphatic heterocycles. The molecule has 0 aliphatic rings. The van der Waals surface area contributed by atoms with Gasteiger partial charge in [-0.3, -0.25) is 4.79 Å².